The van der Waals surface area contributed by atoms with E-state index in [1.165, 1.54) is 9.35 Å². The lowest BCUT2D eigenvalue weighted by Gasteiger charge is -2.39. The van der Waals surface area contributed by atoms with Gasteiger partial charge in [-0.25, -0.2) is 0 Å². The average molecular weight is 319 g/mol. The summed E-state index contributed by atoms with van der Waals surface area (Å²) in [5.41, 5.74) is 1.44. The maximum atomic E-state index is 5.87. The van der Waals surface area contributed by atoms with Crippen molar-refractivity contribution in [1.82, 2.24) is 10.2 Å². The molecule has 0 amide bonds. The number of rotatable bonds is 6. The molecule has 0 unspecified atom stereocenters. The Morgan fingerprint density at radius 3 is 2.88 bits per heavy atom. The van der Waals surface area contributed by atoms with Gasteiger partial charge < -0.3 is 10.1 Å². The third-order valence-electron chi connectivity index (χ3n) is 3.00. The topological polar surface area (TPSA) is 24.5 Å². The molecular weight excluding hydrogens is 300 g/mol. The van der Waals surface area contributed by atoms with Gasteiger partial charge in [-0.3, -0.25) is 4.90 Å². The molecule has 1 aromatic heterocycles. The van der Waals surface area contributed by atoms with Gasteiger partial charge in [0.2, 0.25) is 0 Å². The van der Waals surface area contributed by atoms with E-state index in [0.717, 1.165) is 32.8 Å². The number of hydrogen-bond donors (Lipinski definition) is 1. The van der Waals surface area contributed by atoms with Crippen molar-refractivity contribution in [3.05, 3.63) is 20.8 Å². The fourth-order valence-electron chi connectivity index (χ4n) is 1.85. The van der Waals surface area contributed by atoms with Gasteiger partial charge in [-0.2, -0.15) is 0 Å². The van der Waals surface area contributed by atoms with Crippen LogP contribution in [0.2, 0.25) is 0 Å². The van der Waals surface area contributed by atoms with E-state index in [0.29, 0.717) is 0 Å². The van der Waals surface area contributed by atoms with Gasteiger partial charge in [-0.15, -0.1) is 11.3 Å². The maximum absolute atomic E-state index is 5.87. The van der Waals surface area contributed by atoms with E-state index < -0.39 is 0 Å². The molecule has 5 heteroatoms. The molecule has 0 radical (unpaired) electrons. The van der Waals surface area contributed by atoms with Crippen LogP contribution in [-0.4, -0.2) is 43.8 Å². The highest BCUT2D eigenvalue weighted by Gasteiger charge is 2.32. The lowest BCUT2D eigenvalue weighted by atomic mass is 10.0. The molecule has 1 N–H and O–H groups in total. The van der Waals surface area contributed by atoms with Gasteiger partial charge in [-0.1, -0.05) is 0 Å². The molecule has 2 heterocycles. The fraction of sp³-hybridized carbons (Fsp3) is 0.667. The second-order valence-corrected chi connectivity index (χ2v) is 7.19. The van der Waals surface area contributed by atoms with Gasteiger partial charge in [0.25, 0.3) is 0 Å². The van der Waals surface area contributed by atoms with E-state index >= 15 is 0 Å². The van der Waals surface area contributed by atoms with Crippen LogP contribution in [0.3, 0.4) is 0 Å². The van der Waals surface area contributed by atoms with Crippen LogP contribution in [0, 0.1) is 0 Å². The Bertz CT molecular complexity index is 365. The first-order chi connectivity index (χ1) is 8.07. The maximum Gasteiger partial charge on any atom is 0.0902 e. The summed E-state index contributed by atoms with van der Waals surface area (Å²) in [4.78, 5) is 2.30. The number of nitrogens with one attached hydrogen (secondary N) is 1. The van der Waals surface area contributed by atoms with Crippen molar-refractivity contribution in [3.8, 4) is 0 Å². The van der Waals surface area contributed by atoms with Crippen LogP contribution in [-0.2, 0) is 11.3 Å². The second-order valence-electron chi connectivity index (χ2n) is 4.90. The zero-order chi connectivity index (χ0) is 12.3. The van der Waals surface area contributed by atoms with Crippen LogP contribution < -0.4 is 5.32 Å². The third-order valence-corrected chi connectivity index (χ3v) is 4.55. The summed E-state index contributed by atoms with van der Waals surface area (Å²) in [5.74, 6) is 0. The van der Waals surface area contributed by atoms with E-state index in [-0.39, 0.29) is 5.60 Å². The molecule has 1 aromatic rings. The minimum absolute atomic E-state index is 0.0756. The standard InChI is InChI=1S/C12H19BrN2OS/c1-12(8-14-9-12)16-4-3-15(2)6-10-5-11(13)17-7-10/h5,7,14H,3-4,6,8-9H2,1-2H3. The Balaban J connectivity index is 1.65. The van der Waals surface area contributed by atoms with Crippen LogP contribution in [0.5, 0.6) is 0 Å². The summed E-state index contributed by atoms with van der Waals surface area (Å²) in [6.45, 7) is 6.89. The summed E-state index contributed by atoms with van der Waals surface area (Å²) in [6.07, 6.45) is 0. The number of thiophene rings is 1. The van der Waals surface area contributed by atoms with Gasteiger partial charge in [-0.05, 0) is 46.9 Å². The SMILES string of the molecule is CN(CCOC1(C)CNC1)Cc1csc(Br)c1. The van der Waals surface area contributed by atoms with Crippen LogP contribution in [0.15, 0.2) is 15.2 Å². The van der Waals surface area contributed by atoms with Crippen LogP contribution >= 0.6 is 27.3 Å². The predicted molar refractivity (Wildman–Crippen MR) is 75.6 cm³/mol. The third kappa shape index (κ3) is 4.03. The van der Waals surface area contributed by atoms with Gasteiger partial charge in [0.1, 0.15) is 0 Å². The van der Waals surface area contributed by atoms with Crippen molar-refractivity contribution in [2.24, 2.45) is 0 Å². The first kappa shape index (κ1) is 13.5. The Labute approximate surface area is 115 Å². The average Bonchev–Trinajstić information content (AvgIpc) is 2.61. The summed E-state index contributed by atoms with van der Waals surface area (Å²) in [5, 5.41) is 5.43. The van der Waals surface area contributed by atoms with E-state index in [9.17, 15) is 0 Å². The van der Waals surface area contributed by atoms with Crippen LogP contribution in [0.1, 0.15) is 12.5 Å². The second kappa shape index (κ2) is 5.80. The van der Waals surface area contributed by atoms with Gasteiger partial charge in [0.15, 0.2) is 0 Å². The van der Waals surface area contributed by atoms with E-state index in [1.807, 2.05) is 0 Å². The lowest BCUT2D eigenvalue weighted by molar-refractivity contribution is -0.0712. The Kier molecular flexibility index (Phi) is 4.60. The zero-order valence-corrected chi connectivity index (χ0v) is 12.7. The van der Waals surface area contributed by atoms with Crippen LogP contribution in [0.4, 0.5) is 0 Å². The molecule has 0 bridgehead atoms. The normalized spacial score (nSPS) is 18.4. The van der Waals surface area contributed by atoms with E-state index in [1.54, 1.807) is 11.3 Å². The molecule has 2 rings (SSSR count). The smallest absolute Gasteiger partial charge is 0.0902 e. The summed E-state index contributed by atoms with van der Waals surface area (Å²) < 4.78 is 7.07. The molecule has 0 saturated carbocycles. The number of hydrogen-bond acceptors (Lipinski definition) is 4. The zero-order valence-electron chi connectivity index (χ0n) is 10.3. The molecule has 0 aromatic carbocycles. The van der Waals surface area contributed by atoms with Gasteiger partial charge >= 0.3 is 0 Å². The predicted octanol–water partition coefficient (Wildman–Crippen LogP) is 2.32. The minimum Gasteiger partial charge on any atom is -0.371 e. The quantitative estimate of drug-likeness (QED) is 0.871. The fourth-order valence-corrected chi connectivity index (χ4v) is 3.05. The van der Waals surface area contributed by atoms with Crippen LogP contribution in [0.25, 0.3) is 0 Å². The highest BCUT2D eigenvalue weighted by Crippen LogP contribution is 2.21. The largest absolute Gasteiger partial charge is 0.371 e. The number of nitrogens with zero attached hydrogens (tertiary/aromatic N) is 1. The molecular formula is C12H19BrN2OS. The number of ether oxygens (including phenoxy) is 1. The Morgan fingerprint density at radius 1 is 1.59 bits per heavy atom. The summed E-state index contributed by atoms with van der Waals surface area (Å²) in [6, 6.07) is 2.18. The van der Waals surface area contributed by atoms with Crippen molar-refractivity contribution in [1.29, 1.82) is 0 Å². The molecule has 0 atom stereocenters. The molecule has 17 heavy (non-hydrogen) atoms. The molecule has 0 spiro atoms. The first-order valence-corrected chi connectivity index (χ1v) is 7.51. The Hall–Kier alpha value is 0.0600. The van der Waals surface area contributed by atoms with Crippen molar-refractivity contribution in [2.75, 3.05) is 33.3 Å². The van der Waals surface area contributed by atoms with Crippen molar-refractivity contribution in [3.63, 3.8) is 0 Å². The molecule has 1 aliphatic heterocycles. The highest BCUT2D eigenvalue weighted by molar-refractivity contribution is 9.11. The van der Waals surface area contributed by atoms with E-state index in [2.05, 4.69) is 51.6 Å². The molecule has 0 aliphatic carbocycles. The molecule has 1 fully saturated rings. The summed E-state index contributed by atoms with van der Waals surface area (Å²) in [7, 11) is 2.14. The van der Waals surface area contributed by atoms with Gasteiger partial charge in [0.05, 0.1) is 16.0 Å². The van der Waals surface area contributed by atoms with Gasteiger partial charge in [0, 0.05) is 26.2 Å². The van der Waals surface area contributed by atoms with Crippen molar-refractivity contribution < 1.29 is 4.74 Å². The summed E-state index contributed by atoms with van der Waals surface area (Å²) >= 11 is 5.22. The molecule has 3 nitrogen and oxygen atoms in total. The monoisotopic (exact) mass is 318 g/mol. The molecule has 1 aliphatic rings. The lowest BCUT2D eigenvalue weighted by Crippen LogP contribution is -2.59. The molecule has 96 valence electrons. The molecule has 1 saturated heterocycles. The van der Waals surface area contributed by atoms with E-state index in [4.69, 9.17) is 4.74 Å². The minimum atomic E-state index is 0.0756. The first-order valence-electron chi connectivity index (χ1n) is 5.84. The Morgan fingerprint density at radius 2 is 2.35 bits per heavy atom. The number of likely N-dealkylation sites (N-methyl/N-ethyl adjacent to an activating group) is 1. The highest BCUT2D eigenvalue weighted by atomic mass is 79.9. The van der Waals surface area contributed by atoms with Crippen molar-refractivity contribution in [2.45, 2.75) is 19.1 Å². The van der Waals surface area contributed by atoms with Crippen molar-refractivity contribution >= 4 is 27.3 Å². The number of halogens is 1.